The minimum atomic E-state index is -0.737. The van der Waals surface area contributed by atoms with Crippen molar-refractivity contribution < 1.29 is 14.6 Å². The zero-order chi connectivity index (χ0) is 13.6. The zero-order valence-electron chi connectivity index (χ0n) is 11.2. The molecule has 0 amide bonds. The lowest BCUT2D eigenvalue weighted by molar-refractivity contribution is 0.0932. The van der Waals surface area contributed by atoms with E-state index < -0.39 is 5.41 Å². The van der Waals surface area contributed by atoms with E-state index in [2.05, 4.69) is 13.8 Å². The van der Waals surface area contributed by atoms with Crippen molar-refractivity contribution in [3.63, 3.8) is 0 Å². The Kier molecular flexibility index (Phi) is 5.76. The Hall–Kier alpha value is -0.930. The van der Waals surface area contributed by atoms with Crippen LogP contribution in [0.3, 0.4) is 0 Å². The number of benzene rings is 1. The highest BCUT2D eigenvalue weighted by Gasteiger charge is 2.33. The molecule has 0 radical (unpaired) electrons. The van der Waals surface area contributed by atoms with Crippen molar-refractivity contribution >= 4 is 0 Å². The van der Waals surface area contributed by atoms with Gasteiger partial charge in [-0.15, -0.1) is 0 Å². The molecule has 0 spiro atoms. The smallest absolute Gasteiger partial charge is 0.123 e. The van der Waals surface area contributed by atoms with Gasteiger partial charge in [0.2, 0.25) is 0 Å². The number of aliphatic hydroxyl groups excluding tert-OH is 2. The second-order valence-electron chi connectivity index (χ2n) is 4.99. The third-order valence-corrected chi connectivity index (χ3v) is 3.88. The fourth-order valence-corrected chi connectivity index (χ4v) is 2.43. The molecule has 1 aromatic rings. The summed E-state index contributed by atoms with van der Waals surface area (Å²) in [7, 11) is 0. The minimum Gasteiger partial charge on any atom is -0.395 e. The molecule has 2 nitrogen and oxygen atoms in total. The molecule has 1 aromatic carbocycles. The molecule has 0 bridgehead atoms. The molecule has 0 saturated carbocycles. The highest BCUT2D eigenvalue weighted by molar-refractivity contribution is 5.26. The van der Waals surface area contributed by atoms with Gasteiger partial charge in [0.05, 0.1) is 13.2 Å². The van der Waals surface area contributed by atoms with E-state index in [-0.39, 0.29) is 19.0 Å². The molecule has 0 aromatic heterocycles. The van der Waals surface area contributed by atoms with Crippen LogP contribution in [0, 0.1) is 11.7 Å². The molecule has 0 atom stereocenters. The molecular weight excluding hydrogens is 231 g/mol. The Bertz CT molecular complexity index is 357. The fourth-order valence-electron chi connectivity index (χ4n) is 2.43. The van der Waals surface area contributed by atoms with Crippen molar-refractivity contribution in [2.75, 3.05) is 13.2 Å². The second-order valence-corrected chi connectivity index (χ2v) is 4.99. The van der Waals surface area contributed by atoms with Crippen LogP contribution in [-0.2, 0) is 5.41 Å². The van der Waals surface area contributed by atoms with Gasteiger partial charge < -0.3 is 10.2 Å². The molecule has 0 aliphatic rings. The maximum Gasteiger partial charge on any atom is 0.123 e. The van der Waals surface area contributed by atoms with E-state index in [0.29, 0.717) is 17.9 Å². The van der Waals surface area contributed by atoms with Crippen LogP contribution in [0.15, 0.2) is 24.3 Å². The van der Waals surface area contributed by atoms with E-state index in [4.69, 9.17) is 0 Å². The lowest BCUT2D eigenvalue weighted by atomic mass is 9.73. The summed E-state index contributed by atoms with van der Waals surface area (Å²) < 4.78 is 13.3. The molecule has 0 saturated heterocycles. The highest BCUT2D eigenvalue weighted by atomic mass is 19.1. The molecule has 0 fully saturated rings. The molecule has 0 aliphatic carbocycles. The summed E-state index contributed by atoms with van der Waals surface area (Å²) in [6.45, 7) is 3.87. The van der Waals surface area contributed by atoms with Gasteiger partial charge in [0, 0.05) is 5.41 Å². The summed E-state index contributed by atoms with van der Waals surface area (Å²) in [5.74, 6) is 0.0934. The summed E-state index contributed by atoms with van der Waals surface area (Å²) in [5, 5.41) is 19.4. The summed E-state index contributed by atoms with van der Waals surface area (Å²) in [5.41, 5.74) is -0.0573. The maximum atomic E-state index is 13.3. The van der Waals surface area contributed by atoms with Crippen LogP contribution in [0.1, 0.15) is 38.7 Å². The molecule has 2 N–H and O–H groups in total. The Morgan fingerprint density at radius 2 is 1.78 bits per heavy atom. The first-order chi connectivity index (χ1) is 8.61. The van der Waals surface area contributed by atoms with E-state index in [0.717, 1.165) is 12.8 Å². The van der Waals surface area contributed by atoms with Gasteiger partial charge in [-0.1, -0.05) is 38.8 Å². The van der Waals surface area contributed by atoms with Crippen LogP contribution in [0.4, 0.5) is 4.39 Å². The summed E-state index contributed by atoms with van der Waals surface area (Å²) in [6.07, 6.45) is 2.66. The third-order valence-electron chi connectivity index (χ3n) is 3.88. The van der Waals surface area contributed by atoms with E-state index in [1.165, 1.54) is 12.1 Å². The number of rotatable bonds is 7. The number of hydrogen-bond donors (Lipinski definition) is 2. The summed E-state index contributed by atoms with van der Waals surface area (Å²) in [4.78, 5) is 0. The number of aliphatic hydroxyl groups is 2. The SMILES string of the molecule is CCC(CC)CC(CO)(CO)c1cccc(F)c1. The van der Waals surface area contributed by atoms with Gasteiger partial charge in [-0.3, -0.25) is 0 Å². The molecule has 0 aliphatic heterocycles. The van der Waals surface area contributed by atoms with Crippen molar-refractivity contribution in [3.8, 4) is 0 Å². The first kappa shape index (κ1) is 15.1. The first-order valence-corrected chi connectivity index (χ1v) is 6.59. The van der Waals surface area contributed by atoms with Gasteiger partial charge in [-0.2, -0.15) is 0 Å². The summed E-state index contributed by atoms with van der Waals surface area (Å²) >= 11 is 0. The Morgan fingerprint density at radius 1 is 1.17 bits per heavy atom. The van der Waals surface area contributed by atoms with Gasteiger partial charge in [0.25, 0.3) is 0 Å². The Labute approximate surface area is 108 Å². The van der Waals surface area contributed by atoms with Crippen LogP contribution in [0.2, 0.25) is 0 Å². The first-order valence-electron chi connectivity index (χ1n) is 6.59. The monoisotopic (exact) mass is 254 g/mol. The van der Waals surface area contributed by atoms with E-state index >= 15 is 0 Å². The van der Waals surface area contributed by atoms with Crippen LogP contribution in [-0.4, -0.2) is 23.4 Å². The quantitative estimate of drug-likeness (QED) is 0.785. The predicted octanol–water partition coefficient (Wildman–Crippen LogP) is 2.87. The second kappa shape index (κ2) is 6.86. The molecule has 3 heteroatoms. The average molecular weight is 254 g/mol. The number of hydrogen-bond acceptors (Lipinski definition) is 2. The van der Waals surface area contributed by atoms with Crippen LogP contribution >= 0.6 is 0 Å². The van der Waals surface area contributed by atoms with Gasteiger partial charge in [0.1, 0.15) is 5.82 Å². The zero-order valence-corrected chi connectivity index (χ0v) is 11.2. The largest absolute Gasteiger partial charge is 0.395 e. The van der Waals surface area contributed by atoms with Crippen molar-refractivity contribution in [3.05, 3.63) is 35.6 Å². The van der Waals surface area contributed by atoms with Crippen molar-refractivity contribution in [2.45, 2.75) is 38.5 Å². The Balaban J connectivity index is 3.06. The maximum absolute atomic E-state index is 13.3. The Morgan fingerprint density at radius 3 is 2.22 bits per heavy atom. The fraction of sp³-hybridized carbons (Fsp3) is 0.600. The van der Waals surface area contributed by atoms with Crippen LogP contribution in [0.25, 0.3) is 0 Å². The van der Waals surface area contributed by atoms with Gasteiger partial charge in [-0.25, -0.2) is 4.39 Å². The average Bonchev–Trinajstić information content (AvgIpc) is 2.41. The number of halogens is 1. The van der Waals surface area contributed by atoms with Gasteiger partial charge >= 0.3 is 0 Å². The molecule has 0 unspecified atom stereocenters. The summed E-state index contributed by atoms with van der Waals surface area (Å²) in [6, 6.07) is 6.19. The topological polar surface area (TPSA) is 40.5 Å². The van der Waals surface area contributed by atoms with Gasteiger partial charge in [-0.05, 0) is 30.0 Å². The predicted molar refractivity (Wildman–Crippen MR) is 70.9 cm³/mol. The van der Waals surface area contributed by atoms with Crippen LogP contribution in [0.5, 0.6) is 0 Å². The standard InChI is InChI=1S/C15H23FO2/c1-3-12(4-2)9-15(10-17,11-18)13-6-5-7-14(16)8-13/h5-8,12,17-18H,3-4,9-11H2,1-2H3. The molecule has 102 valence electrons. The van der Waals surface area contributed by atoms with E-state index in [1.807, 2.05) is 0 Å². The minimum absolute atomic E-state index is 0.163. The van der Waals surface area contributed by atoms with Crippen molar-refractivity contribution in [1.29, 1.82) is 0 Å². The molecule has 18 heavy (non-hydrogen) atoms. The lowest BCUT2D eigenvalue weighted by Crippen LogP contribution is -2.37. The molecule has 1 rings (SSSR count). The van der Waals surface area contributed by atoms with E-state index in [1.54, 1.807) is 12.1 Å². The van der Waals surface area contributed by atoms with E-state index in [9.17, 15) is 14.6 Å². The normalized spacial score (nSPS) is 12.1. The van der Waals surface area contributed by atoms with Crippen molar-refractivity contribution in [2.24, 2.45) is 5.92 Å². The molecular formula is C15H23FO2. The third kappa shape index (κ3) is 3.30. The van der Waals surface area contributed by atoms with Crippen molar-refractivity contribution in [1.82, 2.24) is 0 Å². The van der Waals surface area contributed by atoms with Crippen LogP contribution < -0.4 is 0 Å². The lowest BCUT2D eigenvalue weighted by Gasteiger charge is -2.33. The highest BCUT2D eigenvalue weighted by Crippen LogP contribution is 2.33. The van der Waals surface area contributed by atoms with Gasteiger partial charge in [0.15, 0.2) is 0 Å². The molecule has 0 heterocycles.